The molecule has 32 heavy (non-hydrogen) atoms. The zero-order valence-corrected chi connectivity index (χ0v) is 19.8. The first-order chi connectivity index (χ1) is 15.3. The van der Waals surface area contributed by atoms with E-state index in [-0.39, 0.29) is 6.04 Å². The minimum absolute atomic E-state index is 0.230. The lowest BCUT2D eigenvalue weighted by Crippen LogP contribution is -2.40. The quantitative estimate of drug-likeness (QED) is 0.481. The summed E-state index contributed by atoms with van der Waals surface area (Å²) in [4.78, 5) is 6.95. The molecule has 0 amide bonds. The van der Waals surface area contributed by atoms with E-state index in [9.17, 15) is 5.26 Å². The topological polar surface area (TPSA) is 65.9 Å². The summed E-state index contributed by atoms with van der Waals surface area (Å²) in [6.45, 7) is 5.60. The number of nitriles is 1. The van der Waals surface area contributed by atoms with Crippen molar-refractivity contribution in [1.82, 2.24) is 4.98 Å². The summed E-state index contributed by atoms with van der Waals surface area (Å²) < 4.78 is 0. The zero-order chi connectivity index (χ0) is 22.9. The Bertz CT molecular complexity index is 1140. The fraction of sp³-hybridized carbons (Fsp3) is 0.308. The molecule has 0 unspecified atom stereocenters. The highest BCUT2D eigenvalue weighted by Crippen LogP contribution is 2.41. The lowest BCUT2D eigenvalue weighted by Gasteiger charge is -2.35. The standard InChI is InChI=1S/C26H26Cl2N4/c1-26(2,16-29)19-5-3-17(4-6-19)23-14-31-15-24(18-11-20(27)13-21(28)12-18)25(23)32-9-7-22(30)8-10-32/h3-6,11-15,22H,7-10,30H2,1-2H3. The predicted octanol–water partition coefficient (Wildman–Crippen LogP) is 6.45. The number of hydrogen-bond donors (Lipinski definition) is 1. The van der Waals surface area contributed by atoms with E-state index in [4.69, 9.17) is 28.9 Å². The minimum Gasteiger partial charge on any atom is -0.370 e. The highest BCUT2D eigenvalue weighted by atomic mass is 35.5. The molecule has 1 aliphatic heterocycles. The van der Waals surface area contributed by atoms with Crippen LogP contribution in [-0.4, -0.2) is 24.1 Å². The van der Waals surface area contributed by atoms with Crippen molar-refractivity contribution >= 4 is 28.9 Å². The van der Waals surface area contributed by atoms with Gasteiger partial charge >= 0.3 is 0 Å². The first kappa shape index (κ1) is 22.6. The Hall–Kier alpha value is -2.58. The molecular formula is C26H26Cl2N4. The zero-order valence-electron chi connectivity index (χ0n) is 18.3. The molecule has 0 atom stereocenters. The molecule has 0 aliphatic carbocycles. The monoisotopic (exact) mass is 464 g/mol. The summed E-state index contributed by atoms with van der Waals surface area (Å²) in [5.41, 5.74) is 11.8. The highest BCUT2D eigenvalue weighted by Gasteiger charge is 2.24. The van der Waals surface area contributed by atoms with Gasteiger partial charge in [0, 0.05) is 52.7 Å². The average molecular weight is 465 g/mol. The van der Waals surface area contributed by atoms with E-state index >= 15 is 0 Å². The molecule has 2 aromatic carbocycles. The molecule has 0 radical (unpaired) electrons. The van der Waals surface area contributed by atoms with Gasteiger partial charge in [0.15, 0.2) is 0 Å². The number of benzene rings is 2. The van der Waals surface area contributed by atoms with Crippen LogP contribution < -0.4 is 10.6 Å². The molecule has 0 saturated carbocycles. The normalized spacial score (nSPS) is 14.9. The number of pyridine rings is 1. The van der Waals surface area contributed by atoms with E-state index in [1.807, 2.05) is 50.5 Å². The maximum absolute atomic E-state index is 9.48. The number of halogens is 2. The number of aromatic nitrogens is 1. The SMILES string of the molecule is CC(C)(C#N)c1ccc(-c2cncc(-c3cc(Cl)cc(Cl)c3)c2N2CCC(N)CC2)cc1. The summed E-state index contributed by atoms with van der Waals surface area (Å²) in [7, 11) is 0. The number of hydrogen-bond acceptors (Lipinski definition) is 4. The number of rotatable bonds is 4. The summed E-state index contributed by atoms with van der Waals surface area (Å²) in [6.07, 6.45) is 5.66. The molecule has 2 heterocycles. The van der Waals surface area contributed by atoms with Crippen molar-refractivity contribution in [3.8, 4) is 28.3 Å². The van der Waals surface area contributed by atoms with Gasteiger partial charge in [0.1, 0.15) is 0 Å². The Kier molecular flexibility index (Phi) is 6.44. The van der Waals surface area contributed by atoms with E-state index in [1.54, 1.807) is 6.07 Å². The van der Waals surface area contributed by atoms with Crippen LogP contribution in [0, 0.1) is 11.3 Å². The number of nitrogens with zero attached hydrogens (tertiary/aromatic N) is 3. The van der Waals surface area contributed by atoms with E-state index < -0.39 is 5.41 Å². The van der Waals surface area contributed by atoms with E-state index in [0.717, 1.165) is 59.4 Å². The average Bonchev–Trinajstić information content (AvgIpc) is 2.78. The molecule has 1 aliphatic rings. The lowest BCUT2D eigenvalue weighted by molar-refractivity contribution is 0.501. The fourth-order valence-corrected chi connectivity index (χ4v) is 4.71. The molecule has 1 fully saturated rings. The molecule has 4 rings (SSSR count). The van der Waals surface area contributed by atoms with Crippen LogP contribution in [0.4, 0.5) is 5.69 Å². The van der Waals surface area contributed by atoms with Crippen LogP contribution in [0.5, 0.6) is 0 Å². The van der Waals surface area contributed by atoms with Gasteiger partial charge in [-0.2, -0.15) is 5.26 Å². The van der Waals surface area contributed by atoms with Crippen molar-refractivity contribution in [2.45, 2.75) is 38.1 Å². The second kappa shape index (κ2) is 9.11. The van der Waals surface area contributed by atoms with Crippen LogP contribution in [0.3, 0.4) is 0 Å². The third-order valence-electron chi connectivity index (χ3n) is 6.14. The van der Waals surface area contributed by atoms with Crippen molar-refractivity contribution in [2.75, 3.05) is 18.0 Å². The smallest absolute Gasteiger partial charge is 0.0766 e. The van der Waals surface area contributed by atoms with Crippen LogP contribution >= 0.6 is 23.2 Å². The molecule has 3 aromatic rings. The van der Waals surface area contributed by atoms with E-state index in [1.165, 1.54) is 0 Å². The second-order valence-corrected chi connectivity index (χ2v) is 9.75. The van der Waals surface area contributed by atoms with Crippen LogP contribution in [0.15, 0.2) is 54.9 Å². The van der Waals surface area contributed by atoms with Gasteiger partial charge in [-0.15, -0.1) is 0 Å². The maximum atomic E-state index is 9.48. The lowest BCUT2D eigenvalue weighted by atomic mass is 9.85. The maximum Gasteiger partial charge on any atom is 0.0766 e. The van der Waals surface area contributed by atoms with Gasteiger partial charge < -0.3 is 10.6 Å². The predicted molar refractivity (Wildman–Crippen MR) is 133 cm³/mol. The Morgan fingerprint density at radius 2 is 1.53 bits per heavy atom. The first-order valence-corrected chi connectivity index (χ1v) is 11.5. The van der Waals surface area contributed by atoms with E-state index in [0.29, 0.717) is 10.0 Å². The van der Waals surface area contributed by atoms with Gasteiger partial charge in [-0.05, 0) is 61.6 Å². The second-order valence-electron chi connectivity index (χ2n) is 8.88. The third kappa shape index (κ3) is 4.61. The number of anilines is 1. The summed E-state index contributed by atoms with van der Waals surface area (Å²) in [5.74, 6) is 0. The number of piperidine rings is 1. The molecule has 1 saturated heterocycles. The Morgan fingerprint density at radius 1 is 0.969 bits per heavy atom. The highest BCUT2D eigenvalue weighted by molar-refractivity contribution is 6.35. The van der Waals surface area contributed by atoms with Gasteiger partial charge in [-0.1, -0.05) is 47.5 Å². The molecule has 164 valence electrons. The molecule has 0 spiro atoms. The van der Waals surface area contributed by atoms with Crippen LogP contribution in [-0.2, 0) is 5.41 Å². The Labute approximate surface area is 199 Å². The Balaban J connectivity index is 1.86. The molecule has 1 aromatic heterocycles. The largest absolute Gasteiger partial charge is 0.370 e. The molecule has 4 nitrogen and oxygen atoms in total. The molecule has 6 heteroatoms. The van der Waals surface area contributed by atoms with Gasteiger partial charge in [0.05, 0.1) is 17.2 Å². The van der Waals surface area contributed by atoms with Crippen molar-refractivity contribution in [2.24, 2.45) is 5.73 Å². The fourth-order valence-electron chi connectivity index (χ4n) is 4.18. The molecule has 2 N–H and O–H groups in total. The summed E-state index contributed by atoms with van der Waals surface area (Å²) in [6, 6.07) is 16.4. The van der Waals surface area contributed by atoms with Crippen molar-refractivity contribution < 1.29 is 0 Å². The Morgan fingerprint density at radius 3 is 2.09 bits per heavy atom. The third-order valence-corrected chi connectivity index (χ3v) is 6.58. The van der Waals surface area contributed by atoms with Crippen molar-refractivity contribution in [3.63, 3.8) is 0 Å². The van der Waals surface area contributed by atoms with E-state index in [2.05, 4.69) is 28.1 Å². The van der Waals surface area contributed by atoms with Crippen LogP contribution in [0.25, 0.3) is 22.3 Å². The summed E-state index contributed by atoms with van der Waals surface area (Å²) >= 11 is 12.7. The summed E-state index contributed by atoms with van der Waals surface area (Å²) in [5, 5.41) is 10.7. The van der Waals surface area contributed by atoms with Crippen LogP contribution in [0.2, 0.25) is 10.0 Å². The first-order valence-electron chi connectivity index (χ1n) is 10.8. The van der Waals surface area contributed by atoms with Gasteiger partial charge in [0.2, 0.25) is 0 Å². The van der Waals surface area contributed by atoms with Gasteiger partial charge in [0.25, 0.3) is 0 Å². The minimum atomic E-state index is -0.540. The van der Waals surface area contributed by atoms with Crippen molar-refractivity contribution in [1.29, 1.82) is 5.26 Å². The van der Waals surface area contributed by atoms with Gasteiger partial charge in [-0.3, -0.25) is 4.98 Å². The van der Waals surface area contributed by atoms with Crippen molar-refractivity contribution in [3.05, 3.63) is 70.5 Å². The van der Waals surface area contributed by atoms with Crippen LogP contribution in [0.1, 0.15) is 32.3 Å². The van der Waals surface area contributed by atoms with Gasteiger partial charge in [-0.25, -0.2) is 0 Å². The molecule has 0 bridgehead atoms. The number of nitrogens with two attached hydrogens (primary N) is 1. The molecular weight excluding hydrogens is 439 g/mol.